The van der Waals surface area contributed by atoms with E-state index in [4.69, 9.17) is 9.47 Å². The number of rotatable bonds is 10. The highest BCUT2D eigenvalue weighted by Crippen LogP contribution is 2.28. The number of carbonyl (C=O) groups excluding carboxylic acids is 1. The molecular weight excluding hydrogens is 318 g/mol. The fourth-order valence-corrected chi connectivity index (χ4v) is 2.98. The second-order valence-corrected chi connectivity index (χ2v) is 6.27. The zero-order chi connectivity index (χ0) is 18.1. The minimum absolute atomic E-state index is 0.0876. The molecule has 0 aromatic heterocycles. The zero-order valence-corrected chi connectivity index (χ0v) is 15.6. The lowest BCUT2D eigenvalue weighted by molar-refractivity contribution is -0.124. The van der Waals surface area contributed by atoms with Crippen LogP contribution in [-0.4, -0.2) is 57.2 Å². The standard InChI is InChI=1S/C19H31N3O3/c1-4-22(5-2)10-11-25-17-7-6-15(12-18(17)24-3)13-21-19(23)16-8-9-20-14-16/h6-7,12,16,20H,4-5,8-11,13-14H2,1-3H3,(H,21,23). The van der Waals surface area contributed by atoms with Crippen molar-refractivity contribution >= 4 is 5.91 Å². The largest absolute Gasteiger partial charge is 0.493 e. The van der Waals surface area contributed by atoms with Crippen LogP contribution < -0.4 is 20.1 Å². The van der Waals surface area contributed by atoms with E-state index in [1.54, 1.807) is 7.11 Å². The third-order valence-electron chi connectivity index (χ3n) is 4.69. The van der Waals surface area contributed by atoms with Crippen molar-refractivity contribution in [1.29, 1.82) is 0 Å². The maximum absolute atomic E-state index is 12.1. The van der Waals surface area contributed by atoms with Gasteiger partial charge in [-0.3, -0.25) is 4.79 Å². The monoisotopic (exact) mass is 349 g/mol. The Morgan fingerprint density at radius 3 is 2.76 bits per heavy atom. The number of hydrogen-bond donors (Lipinski definition) is 2. The highest BCUT2D eigenvalue weighted by molar-refractivity contribution is 5.79. The maximum atomic E-state index is 12.1. The summed E-state index contributed by atoms with van der Waals surface area (Å²) in [5.41, 5.74) is 1.01. The number of ether oxygens (including phenoxy) is 2. The van der Waals surface area contributed by atoms with Crippen LogP contribution in [-0.2, 0) is 11.3 Å². The molecular formula is C19H31N3O3. The van der Waals surface area contributed by atoms with E-state index < -0.39 is 0 Å². The number of carbonyl (C=O) groups is 1. The molecule has 1 aliphatic rings. The van der Waals surface area contributed by atoms with Gasteiger partial charge in [0.1, 0.15) is 6.61 Å². The van der Waals surface area contributed by atoms with E-state index in [1.165, 1.54) is 0 Å². The lowest BCUT2D eigenvalue weighted by atomic mass is 10.1. The van der Waals surface area contributed by atoms with Crippen LogP contribution in [0.15, 0.2) is 18.2 Å². The lowest BCUT2D eigenvalue weighted by Gasteiger charge is -2.19. The van der Waals surface area contributed by atoms with Crippen LogP contribution in [0.4, 0.5) is 0 Å². The van der Waals surface area contributed by atoms with Gasteiger partial charge in [0, 0.05) is 19.6 Å². The molecule has 0 bridgehead atoms. The number of nitrogens with zero attached hydrogens (tertiary/aromatic N) is 1. The molecule has 1 aromatic rings. The summed E-state index contributed by atoms with van der Waals surface area (Å²) in [4.78, 5) is 14.4. The fraction of sp³-hybridized carbons (Fsp3) is 0.632. The molecule has 1 fully saturated rings. The number of methoxy groups -OCH3 is 1. The van der Waals surface area contributed by atoms with Crippen LogP contribution in [0, 0.1) is 5.92 Å². The van der Waals surface area contributed by atoms with Crippen LogP contribution in [0.2, 0.25) is 0 Å². The SMILES string of the molecule is CCN(CC)CCOc1ccc(CNC(=O)C2CCNC2)cc1OC. The van der Waals surface area contributed by atoms with Crippen molar-refractivity contribution < 1.29 is 14.3 Å². The Kier molecular flexibility index (Phi) is 8.01. The summed E-state index contributed by atoms with van der Waals surface area (Å²) in [6, 6.07) is 5.82. The number of likely N-dealkylation sites (N-methyl/N-ethyl adjacent to an activating group) is 1. The van der Waals surface area contributed by atoms with Gasteiger partial charge < -0.3 is 25.0 Å². The van der Waals surface area contributed by atoms with Gasteiger partial charge in [0.2, 0.25) is 5.91 Å². The van der Waals surface area contributed by atoms with E-state index in [1.807, 2.05) is 18.2 Å². The van der Waals surface area contributed by atoms with Crippen LogP contribution >= 0.6 is 0 Å². The molecule has 2 N–H and O–H groups in total. The van der Waals surface area contributed by atoms with Gasteiger partial charge in [-0.15, -0.1) is 0 Å². The van der Waals surface area contributed by atoms with Crippen LogP contribution in [0.5, 0.6) is 11.5 Å². The topological polar surface area (TPSA) is 62.8 Å². The average Bonchev–Trinajstić information content (AvgIpc) is 3.18. The first kappa shape index (κ1) is 19.5. The van der Waals surface area contributed by atoms with Crippen LogP contribution in [0.3, 0.4) is 0 Å². The summed E-state index contributed by atoms with van der Waals surface area (Å²) in [7, 11) is 1.64. The van der Waals surface area contributed by atoms with Crippen molar-refractivity contribution in [3.05, 3.63) is 23.8 Å². The van der Waals surface area contributed by atoms with E-state index in [2.05, 4.69) is 29.4 Å². The van der Waals surface area contributed by atoms with E-state index in [9.17, 15) is 4.79 Å². The van der Waals surface area contributed by atoms with Crippen LogP contribution in [0.1, 0.15) is 25.8 Å². The smallest absolute Gasteiger partial charge is 0.224 e. The maximum Gasteiger partial charge on any atom is 0.224 e. The predicted molar refractivity (Wildman–Crippen MR) is 99.1 cm³/mol. The summed E-state index contributed by atoms with van der Waals surface area (Å²) in [6.07, 6.45) is 0.911. The quantitative estimate of drug-likeness (QED) is 0.672. The lowest BCUT2D eigenvalue weighted by Crippen LogP contribution is -2.31. The molecule has 1 aromatic carbocycles. The molecule has 0 spiro atoms. The highest BCUT2D eigenvalue weighted by Gasteiger charge is 2.21. The fourth-order valence-electron chi connectivity index (χ4n) is 2.98. The Morgan fingerprint density at radius 2 is 2.12 bits per heavy atom. The molecule has 1 atom stereocenters. The Morgan fingerprint density at radius 1 is 1.32 bits per heavy atom. The predicted octanol–water partition coefficient (Wildman–Crippen LogP) is 1.64. The minimum Gasteiger partial charge on any atom is -0.493 e. The van der Waals surface area contributed by atoms with Gasteiger partial charge >= 0.3 is 0 Å². The van der Waals surface area contributed by atoms with Gasteiger partial charge in [0.15, 0.2) is 11.5 Å². The number of benzene rings is 1. The number of nitrogens with one attached hydrogen (secondary N) is 2. The highest BCUT2D eigenvalue weighted by atomic mass is 16.5. The summed E-state index contributed by atoms with van der Waals surface area (Å²) >= 11 is 0. The van der Waals surface area contributed by atoms with E-state index in [0.717, 1.165) is 50.5 Å². The van der Waals surface area contributed by atoms with Crippen molar-refractivity contribution in [1.82, 2.24) is 15.5 Å². The van der Waals surface area contributed by atoms with Crippen molar-refractivity contribution in [2.45, 2.75) is 26.8 Å². The van der Waals surface area contributed by atoms with Crippen molar-refractivity contribution in [2.24, 2.45) is 5.92 Å². The molecule has 1 unspecified atom stereocenters. The van der Waals surface area contributed by atoms with Crippen molar-refractivity contribution in [3.8, 4) is 11.5 Å². The molecule has 1 amide bonds. The molecule has 0 aliphatic carbocycles. The van der Waals surface area contributed by atoms with Gasteiger partial charge in [-0.2, -0.15) is 0 Å². The minimum atomic E-state index is 0.0876. The summed E-state index contributed by atoms with van der Waals surface area (Å²) in [5.74, 6) is 1.65. The first-order valence-corrected chi connectivity index (χ1v) is 9.18. The molecule has 0 radical (unpaired) electrons. The van der Waals surface area contributed by atoms with E-state index in [0.29, 0.717) is 18.9 Å². The molecule has 1 aliphatic heterocycles. The third-order valence-corrected chi connectivity index (χ3v) is 4.69. The average molecular weight is 349 g/mol. The zero-order valence-electron chi connectivity index (χ0n) is 15.6. The summed E-state index contributed by atoms with van der Waals surface area (Å²) in [6.45, 7) is 10.1. The molecule has 25 heavy (non-hydrogen) atoms. The first-order chi connectivity index (χ1) is 12.2. The molecule has 1 heterocycles. The molecule has 1 saturated heterocycles. The second kappa shape index (κ2) is 10.3. The molecule has 140 valence electrons. The van der Waals surface area contributed by atoms with Gasteiger partial charge in [-0.25, -0.2) is 0 Å². The second-order valence-electron chi connectivity index (χ2n) is 6.27. The van der Waals surface area contributed by atoms with Crippen LogP contribution in [0.25, 0.3) is 0 Å². The summed E-state index contributed by atoms with van der Waals surface area (Å²) < 4.78 is 11.3. The van der Waals surface area contributed by atoms with E-state index >= 15 is 0 Å². The van der Waals surface area contributed by atoms with Gasteiger partial charge in [0.25, 0.3) is 0 Å². The first-order valence-electron chi connectivity index (χ1n) is 9.18. The number of hydrogen-bond acceptors (Lipinski definition) is 5. The Labute approximate surface area is 150 Å². The Hall–Kier alpha value is -1.79. The Bertz CT molecular complexity index is 541. The third kappa shape index (κ3) is 5.90. The summed E-state index contributed by atoms with van der Waals surface area (Å²) in [5, 5.41) is 6.22. The molecule has 0 saturated carbocycles. The van der Waals surface area contributed by atoms with Crippen molar-refractivity contribution in [2.75, 3.05) is 46.4 Å². The van der Waals surface area contributed by atoms with E-state index in [-0.39, 0.29) is 11.8 Å². The molecule has 6 nitrogen and oxygen atoms in total. The number of amides is 1. The van der Waals surface area contributed by atoms with Crippen molar-refractivity contribution in [3.63, 3.8) is 0 Å². The van der Waals surface area contributed by atoms with Gasteiger partial charge in [-0.05, 0) is 43.8 Å². The van der Waals surface area contributed by atoms with Gasteiger partial charge in [-0.1, -0.05) is 19.9 Å². The van der Waals surface area contributed by atoms with Gasteiger partial charge in [0.05, 0.1) is 13.0 Å². The normalized spacial score (nSPS) is 16.9. The molecule has 2 rings (SSSR count). The Balaban J connectivity index is 1.86. The molecule has 6 heteroatoms.